The van der Waals surface area contributed by atoms with Crippen molar-refractivity contribution in [3.05, 3.63) is 53.1 Å². The molecule has 0 spiro atoms. The Morgan fingerprint density at radius 1 is 1.26 bits per heavy atom. The van der Waals surface area contributed by atoms with Gasteiger partial charge in [0.25, 0.3) is 0 Å². The maximum atomic E-state index is 12.7. The van der Waals surface area contributed by atoms with Crippen LogP contribution >= 0.6 is 0 Å². The highest BCUT2D eigenvalue weighted by Crippen LogP contribution is 2.41. The van der Waals surface area contributed by atoms with Gasteiger partial charge in [-0.2, -0.15) is 5.10 Å². The first-order valence-corrected chi connectivity index (χ1v) is 9.04. The van der Waals surface area contributed by atoms with Crippen LogP contribution in [-0.4, -0.2) is 30.1 Å². The number of ether oxygens (including phenoxy) is 2. The molecule has 2 aromatic rings. The molecule has 7 nitrogen and oxygen atoms in total. The van der Waals surface area contributed by atoms with Gasteiger partial charge in [-0.3, -0.25) is 0 Å². The second-order valence-corrected chi connectivity index (χ2v) is 6.62. The fourth-order valence-corrected chi connectivity index (χ4v) is 3.28. The zero-order chi connectivity index (χ0) is 19.0. The lowest BCUT2D eigenvalue weighted by molar-refractivity contribution is 0.173. The van der Waals surface area contributed by atoms with Gasteiger partial charge < -0.3 is 20.5 Å². The van der Waals surface area contributed by atoms with E-state index < -0.39 is 0 Å². The van der Waals surface area contributed by atoms with Crippen molar-refractivity contribution in [2.75, 3.05) is 19.1 Å². The molecular formula is C20H22N4O3. The minimum atomic E-state index is -0.233. The summed E-state index contributed by atoms with van der Waals surface area (Å²) in [5.74, 6) is 1.38. The van der Waals surface area contributed by atoms with E-state index in [1.165, 1.54) is 5.01 Å². The van der Waals surface area contributed by atoms with Gasteiger partial charge >= 0.3 is 6.03 Å². The number of nitrogens with two attached hydrogens (primary N) is 1. The molecule has 2 heterocycles. The number of fused-ring (bicyclic) bond motifs is 2. The maximum Gasteiger partial charge on any atom is 0.338 e. The van der Waals surface area contributed by atoms with E-state index in [4.69, 9.17) is 15.2 Å². The third-order valence-corrected chi connectivity index (χ3v) is 4.74. The number of benzene rings is 2. The van der Waals surface area contributed by atoms with Gasteiger partial charge in [-0.1, -0.05) is 19.1 Å². The Hall–Kier alpha value is -3.22. The predicted octanol–water partition coefficient (Wildman–Crippen LogP) is 3.25. The summed E-state index contributed by atoms with van der Waals surface area (Å²) in [5, 5.41) is 9.08. The summed E-state index contributed by atoms with van der Waals surface area (Å²) in [5.41, 5.74) is 9.97. The Morgan fingerprint density at radius 3 is 2.67 bits per heavy atom. The average molecular weight is 366 g/mol. The van der Waals surface area contributed by atoms with Gasteiger partial charge in [-0.05, 0) is 43.2 Å². The summed E-state index contributed by atoms with van der Waals surface area (Å²) in [6, 6.07) is 10.9. The van der Waals surface area contributed by atoms with E-state index in [1.54, 1.807) is 0 Å². The zero-order valence-corrected chi connectivity index (χ0v) is 15.4. The second kappa shape index (κ2) is 6.83. The zero-order valence-electron chi connectivity index (χ0n) is 15.4. The first kappa shape index (κ1) is 17.2. The van der Waals surface area contributed by atoms with Gasteiger partial charge in [0.1, 0.15) is 0 Å². The topological polar surface area (TPSA) is 89.2 Å². The highest BCUT2D eigenvalue weighted by Gasteiger charge is 2.32. The molecule has 0 fully saturated rings. The molecule has 2 aliphatic heterocycles. The molecule has 2 aromatic carbocycles. The summed E-state index contributed by atoms with van der Waals surface area (Å²) in [6.07, 6.45) is 0.859. The Kier molecular flexibility index (Phi) is 4.35. The van der Waals surface area contributed by atoms with Crippen molar-refractivity contribution in [3.8, 4) is 11.5 Å². The molecule has 2 aliphatic rings. The van der Waals surface area contributed by atoms with Crippen molar-refractivity contribution >= 4 is 17.4 Å². The largest absolute Gasteiger partial charge is 0.454 e. The van der Waals surface area contributed by atoms with Crippen LogP contribution in [0, 0.1) is 0 Å². The Morgan fingerprint density at radius 2 is 1.96 bits per heavy atom. The summed E-state index contributed by atoms with van der Waals surface area (Å²) < 4.78 is 11.1. The third-order valence-electron chi connectivity index (χ3n) is 4.74. The maximum absolute atomic E-state index is 12.7. The molecule has 0 unspecified atom stereocenters. The van der Waals surface area contributed by atoms with E-state index in [0.29, 0.717) is 29.4 Å². The molecule has 0 saturated heterocycles. The van der Waals surface area contributed by atoms with E-state index in [0.717, 1.165) is 23.1 Å². The molecule has 7 heteroatoms. The first-order valence-electron chi connectivity index (χ1n) is 9.04. The molecule has 0 radical (unpaired) electrons. The molecule has 0 saturated carbocycles. The van der Waals surface area contributed by atoms with Crippen molar-refractivity contribution in [3.63, 3.8) is 0 Å². The number of hydrogen-bond acceptors (Lipinski definition) is 5. The van der Waals surface area contributed by atoms with Crippen LogP contribution in [0.2, 0.25) is 0 Å². The van der Waals surface area contributed by atoms with Crippen LogP contribution in [0.4, 0.5) is 10.5 Å². The van der Waals surface area contributed by atoms with Crippen molar-refractivity contribution in [1.29, 1.82) is 0 Å². The van der Waals surface area contributed by atoms with Crippen molar-refractivity contribution in [2.45, 2.75) is 26.3 Å². The minimum absolute atomic E-state index is 0.196. The van der Waals surface area contributed by atoms with Gasteiger partial charge in [-0.25, -0.2) is 9.80 Å². The number of anilines is 1. The molecule has 0 bridgehead atoms. The average Bonchev–Trinajstić information content (AvgIpc) is 3.13. The molecule has 4 rings (SSSR count). The van der Waals surface area contributed by atoms with Crippen LogP contribution in [0.25, 0.3) is 0 Å². The van der Waals surface area contributed by atoms with Crippen LogP contribution in [0.15, 0.2) is 41.5 Å². The fourth-order valence-electron chi connectivity index (χ4n) is 3.28. The second-order valence-electron chi connectivity index (χ2n) is 6.62. The van der Waals surface area contributed by atoms with E-state index in [-0.39, 0.29) is 18.9 Å². The molecule has 27 heavy (non-hydrogen) atoms. The van der Waals surface area contributed by atoms with Gasteiger partial charge in [0.05, 0.1) is 11.8 Å². The van der Waals surface area contributed by atoms with Crippen molar-refractivity contribution in [2.24, 2.45) is 5.10 Å². The highest BCUT2D eigenvalue weighted by molar-refractivity contribution is 6.15. The monoisotopic (exact) mass is 366 g/mol. The highest BCUT2D eigenvalue weighted by atomic mass is 16.7. The van der Waals surface area contributed by atoms with Crippen LogP contribution in [-0.2, 0) is 0 Å². The molecule has 1 atom stereocenters. The third kappa shape index (κ3) is 3.05. The van der Waals surface area contributed by atoms with Gasteiger partial charge in [-0.15, -0.1) is 0 Å². The number of hydrogen-bond donors (Lipinski definition) is 2. The summed E-state index contributed by atoms with van der Waals surface area (Å²) in [7, 11) is 0. The molecule has 0 aliphatic carbocycles. The number of nitrogen functional groups attached to an aromatic ring is 1. The van der Waals surface area contributed by atoms with Gasteiger partial charge in [0.15, 0.2) is 11.5 Å². The van der Waals surface area contributed by atoms with E-state index >= 15 is 0 Å². The van der Waals surface area contributed by atoms with Gasteiger partial charge in [0.2, 0.25) is 6.79 Å². The van der Waals surface area contributed by atoms with Crippen LogP contribution in [0.3, 0.4) is 0 Å². The van der Waals surface area contributed by atoms with Gasteiger partial charge in [0, 0.05) is 23.4 Å². The normalized spacial score (nSPS) is 17.3. The Balaban J connectivity index is 1.83. The summed E-state index contributed by atoms with van der Waals surface area (Å²) >= 11 is 0. The number of rotatable bonds is 3. The lowest BCUT2D eigenvalue weighted by atomic mass is 9.91. The number of urea groups is 1. The van der Waals surface area contributed by atoms with Crippen molar-refractivity contribution in [1.82, 2.24) is 10.3 Å². The number of nitrogens with one attached hydrogen (secondary N) is 1. The number of hydrazone groups is 1. The SMILES string of the molecule is CCCNC(=O)N1N=C(c2ccc(N)cc2)c2cc3c(cc2[C@@H]1C)OCO3. The predicted molar refractivity (Wildman–Crippen MR) is 103 cm³/mol. The molecule has 3 N–H and O–H groups in total. The van der Waals surface area contributed by atoms with Crippen LogP contribution < -0.4 is 20.5 Å². The smallest absolute Gasteiger partial charge is 0.338 e. The Labute approximate surface area is 157 Å². The number of nitrogens with zero attached hydrogens (tertiary/aromatic N) is 2. The van der Waals surface area contributed by atoms with E-state index in [9.17, 15) is 4.79 Å². The quantitative estimate of drug-likeness (QED) is 0.816. The van der Waals surface area contributed by atoms with E-state index in [2.05, 4.69) is 10.4 Å². The standard InChI is InChI=1S/C20H22N4O3/c1-3-8-22-20(25)24-12(2)15-9-17-18(27-11-26-17)10-16(15)19(23-24)13-4-6-14(21)7-5-13/h4-7,9-10,12H,3,8,11,21H2,1-2H3,(H,22,25)/t12-/m0/s1. The first-order chi connectivity index (χ1) is 13.1. The number of carbonyl (C=O) groups excluding carboxylic acids is 1. The fraction of sp³-hybridized carbons (Fsp3) is 0.300. The molecule has 140 valence electrons. The van der Waals surface area contributed by atoms with Crippen molar-refractivity contribution < 1.29 is 14.3 Å². The number of carbonyl (C=O) groups is 1. The lowest BCUT2D eigenvalue weighted by Crippen LogP contribution is -2.41. The minimum Gasteiger partial charge on any atom is -0.454 e. The Bertz CT molecular complexity index is 908. The summed E-state index contributed by atoms with van der Waals surface area (Å²) in [6.45, 7) is 4.76. The lowest BCUT2D eigenvalue weighted by Gasteiger charge is -2.32. The molecule has 0 aromatic heterocycles. The van der Waals surface area contributed by atoms with Crippen LogP contribution in [0.1, 0.15) is 43.0 Å². The molecule has 2 amide bonds. The van der Waals surface area contributed by atoms with Crippen LogP contribution in [0.5, 0.6) is 11.5 Å². The molecular weight excluding hydrogens is 344 g/mol. The number of amides is 2. The summed E-state index contributed by atoms with van der Waals surface area (Å²) in [4.78, 5) is 12.7. The van der Waals surface area contributed by atoms with E-state index in [1.807, 2.05) is 50.2 Å².